The molecule has 0 saturated heterocycles. The molecule has 0 aliphatic carbocycles. The number of hydrogen-bond acceptors (Lipinski definition) is 2. The maximum Gasteiger partial charge on any atom is 0.187 e. The second-order valence-corrected chi connectivity index (χ2v) is 1.03. The van der Waals surface area contributed by atoms with Gasteiger partial charge >= 0.3 is 0 Å². The fourth-order valence-electron chi connectivity index (χ4n) is 0. The van der Waals surface area contributed by atoms with Crippen molar-refractivity contribution in [2.45, 2.75) is 13.0 Å². The van der Waals surface area contributed by atoms with E-state index in [2.05, 4.69) is 0 Å². The molecule has 1 atom stereocenters. The molecule has 0 rings (SSSR count). The van der Waals surface area contributed by atoms with Crippen LogP contribution in [-0.4, -0.2) is 40.3 Å². The Morgan fingerprint density at radius 3 is 1.50 bits per heavy atom. The third-order valence-corrected chi connectivity index (χ3v) is 0.264. The van der Waals surface area contributed by atoms with E-state index < -0.39 is 6.10 Å². The summed E-state index contributed by atoms with van der Waals surface area (Å²) in [5.74, 6) is 0. The van der Waals surface area contributed by atoms with E-state index in [0.717, 1.165) is 0 Å². The van der Waals surface area contributed by atoms with Gasteiger partial charge in [-0.25, -0.2) is 0 Å². The fourth-order valence-corrected chi connectivity index (χ4v) is 0. The van der Waals surface area contributed by atoms with E-state index in [-0.39, 0.29) is 48.8 Å². The third kappa shape index (κ3) is 27.8. The molecule has 0 aliphatic rings. The van der Waals surface area contributed by atoms with E-state index in [1.54, 1.807) is 0 Å². The van der Waals surface area contributed by atoms with Gasteiger partial charge in [-0.3, -0.25) is 0 Å². The van der Waals surface area contributed by atoms with Crippen LogP contribution in [-0.2, 0) is 0 Å². The standard InChI is InChI=1S/C3H8O2.Al.2ClH.3H/c1-3(5)2-4;;;;;;/h3-5H,2H2,1H3;;2*1H;;;. The molecule has 0 aromatic rings. The Hall–Kier alpha value is 1.03. The summed E-state index contributed by atoms with van der Waals surface area (Å²) < 4.78 is 0. The fraction of sp³-hybridized carbons (Fsp3) is 1.00. The highest BCUT2D eigenvalue weighted by Gasteiger charge is 1.83. The molecule has 2 N–H and O–H groups in total. The summed E-state index contributed by atoms with van der Waals surface area (Å²) in [6.07, 6.45) is -0.560. The topological polar surface area (TPSA) is 40.5 Å². The largest absolute Gasteiger partial charge is 0.394 e. The lowest BCUT2D eigenvalue weighted by molar-refractivity contribution is 0.110. The van der Waals surface area contributed by atoms with Crippen molar-refractivity contribution in [3.8, 4) is 0 Å². The lowest BCUT2D eigenvalue weighted by atomic mass is 10.5. The third-order valence-electron chi connectivity index (χ3n) is 0.264. The number of halogens is 2. The van der Waals surface area contributed by atoms with Gasteiger partial charge in [0.1, 0.15) is 0 Å². The Bertz CT molecular complexity index is 29.2. The highest BCUT2D eigenvalue weighted by molar-refractivity contribution is 5.85. The van der Waals surface area contributed by atoms with Crippen LogP contribution in [0.1, 0.15) is 6.92 Å². The van der Waals surface area contributed by atoms with Crippen LogP contribution >= 0.6 is 24.8 Å². The highest BCUT2D eigenvalue weighted by Crippen LogP contribution is 1.68. The quantitative estimate of drug-likeness (QED) is 0.508. The predicted molar refractivity (Wildman–Crippen MR) is 43.2 cm³/mol. The van der Waals surface area contributed by atoms with Gasteiger partial charge in [-0.2, -0.15) is 0 Å². The summed E-state index contributed by atoms with van der Waals surface area (Å²) >= 11 is 0. The first-order valence-electron chi connectivity index (χ1n) is 1.56. The molecular weight excluding hydrogens is 166 g/mol. The zero-order valence-electron chi connectivity index (χ0n) is 4.00. The molecular formula is C3H13AlCl2O2. The minimum absolute atomic E-state index is 0. The molecule has 54 valence electrons. The Kier molecular flexibility index (Phi) is 45.1. The van der Waals surface area contributed by atoms with E-state index in [9.17, 15) is 0 Å². The Labute approximate surface area is 72.2 Å². The SMILES string of the molecule is CC(O)CO.Cl.Cl.[AlH3]. The maximum atomic E-state index is 8.11. The monoisotopic (exact) mass is 178 g/mol. The van der Waals surface area contributed by atoms with E-state index in [1.807, 2.05) is 0 Å². The number of rotatable bonds is 1. The van der Waals surface area contributed by atoms with Crippen molar-refractivity contribution >= 4 is 42.2 Å². The molecule has 0 aromatic carbocycles. The first-order valence-corrected chi connectivity index (χ1v) is 1.56. The van der Waals surface area contributed by atoms with Crippen LogP contribution in [0.15, 0.2) is 0 Å². The predicted octanol–water partition coefficient (Wildman–Crippen LogP) is -0.981. The van der Waals surface area contributed by atoms with Gasteiger partial charge in [-0.1, -0.05) is 0 Å². The van der Waals surface area contributed by atoms with Crippen LogP contribution in [0.3, 0.4) is 0 Å². The molecule has 0 aliphatic heterocycles. The lowest BCUT2D eigenvalue weighted by Crippen LogP contribution is -2.03. The molecule has 0 aromatic heterocycles. The number of aliphatic hydroxyl groups excluding tert-OH is 2. The van der Waals surface area contributed by atoms with Crippen LogP contribution in [0.2, 0.25) is 0 Å². The Morgan fingerprint density at radius 2 is 1.50 bits per heavy atom. The van der Waals surface area contributed by atoms with Gasteiger partial charge < -0.3 is 10.2 Å². The maximum absolute atomic E-state index is 8.11. The Balaban J connectivity index is -0.0000000267. The summed E-state index contributed by atoms with van der Waals surface area (Å²) in [5.41, 5.74) is 0. The second-order valence-electron chi connectivity index (χ2n) is 1.03. The summed E-state index contributed by atoms with van der Waals surface area (Å²) in [4.78, 5) is 0. The van der Waals surface area contributed by atoms with Gasteiger partial charge in [0.25, 0.3) is 0 Å². The summed E-state index contributed by atoms with van der Waals surface area (Å²) in [5, 5.41) is 16.0. The van der Waals surface area contributed by atoms with Crippen LogP contribution in [0.25, 0.3) is 0 Å². The normalized spacial score (nSPS) is 9.38. The molecule has 0 bridgehead atoms. The van der Waals surface area contributed by atoms with Crippen molar-refractivity contribution in [3.63, 3.8) is 0 Å². The average Bonchev–Trinajstić information content (AvgIpc) is 1.38. The van der Waals surface area contributed by atoms with Crippen molar-refractivity contribution in [2.24, 2.45) is 0 Å². The highest BCUT2D eigenvalue weighted by atomic mass is 35.5. The molecule has 0 saturated carbocycles. The first kappa shape index (κ1) is 23.0. The molecule has 0 spiro atoms. The molecule has 8 heavy (non-hydrogen) atoms. The van der Waals surface area contributed by atoms with Crippen LogP contribution in [0.5, 0.6) is 0 Å². The van der Waals surface area contributed by atoms with Crippen LogP contribution < -0.4 is 0 Å². The van der Waals surface area contributed by atoms with Crippen LogP contribution in [0.4, 0.5) is 0 Å². The van der Waals surface area contributed by atoms with E-state index in [4.69, 9.17) is 10.2 Å². The van der Waals surface area contributed by atoms with Gasteiger partial charge in [-0.05, 0) is 6.92 Å². The van der Waals surface area contributed by atoms with Gasteiger partial charge in [0.2, 0.25) is 0 Å². The van der Waals surface area contributed by atoms with E-state index >= 15 is 0 Å². The zero-order valence-corrected chi connectivity index (χ0v) is 5.63. The van der Waals surface area contributed by atoms with E-state index in [0.29, 0.717) is 0 Å². The smallest absolute Gasteiger partial charge is 0.187 e. The molecule has 0 amide bonds. The van der Waals surface area contributed by atoms with Gasteiger partial charge in [0, 0.05) is 0 Å². The van der Waals surface area contributed by atoms with Gasteiger partial charge in [0.05, 0.1) is 12.7 Å². The second kappa shape index (κ2) is 15.7. The molecule has 0 fully saturated rings. The number of aliphatic hydroxyl groups is 2. The zero-order chi connectivity index (χ0) is 4.28. The van der Waals surface area contributed by atoms with Crippen molar-refractivity contribution in [2.75, 3.05) is 6.61 Å². The van der Waals surface area contributed by atoms with Crippen LogP contribution in [0, 0.1) is 0 Å². The average molecular weight is 179 g/mol. The summed E-state index contributed by atoms with van der Waals surface area (Å²) in [7, 11) is 0. The van der Waals surface area contributed by atoms with Gasteiger partial charge in [0.15, 0.2) is 17.4 Å². The summed E-state index contributed by atoms with van der Waals surface area (Å²) in [6, 6.07) is 0. The molecule has 5 heteroatoms. The molecule has 1 unspecified atom stereocenters. The van der Waals surface area contributed by atoms with Crippen molar-refractivity contribution in [1.29, 1.82) is 0 Å². The minimum Gasteiger partial charge on any atom is -0.394 e. The summed E-state index contributed by atoms with van der Waals surface area (Å²) in [6.45, 7) is 1.39. The molecule has 0 radical (unpaired) electrons. The van der Waals surface area contributed by atoms with Crippen molar-refractivity contribution < 1.29 is 10.2 Å². The number of hydrogen-bond donors (Lipinski definition) is 2. The van der Waals surface area contributed by atoms with Crippen molar-refractivity contribution in [3.05, 3.63) is 0 Å². The Morgan fingerprint density at radius 1 is 1.38 bits per heavy atom. The minimum atomic E-state index is -0.560. The van der Waals surface area contributed by atoms with Crippen molar-refractivity contribution in [1.82, 2.24) is 0 Å². The molecule has 2 nitrogen and oxygen atoms in total. The lowest BCUT2D eigenvalue weighted by Gasteiger charge is -1.90. The molecule has 0 heterocycles. The first-order chi connectivity index (χ1) is 2.27. The van der Waals surface area contributed by atoms with Gasteiger partial charge in [-0.15, -0.1) is 24.8 Å². The van der Waals surface area contributed by atoms with E-state index in [1.165, 1.54) is 6.92 Å².